The first-order valence-electron chi connectivity index (χ1n) is 9.06. The number of aromatic nitrogens is 2. The maximum absolute atomic E-state index is 12.8. The summed E-state index contributed by atoms with van der Waals surface area (Å²) in [7, 11) is 0. The molecule has 3 rings (SSSR count). The van der Waals surface area contributed by atoms with Crippen LogP contribution in [0.25, 0.3) is 0 Å². The standard InChI is InChI=1S/C23H20N4OS/c1-16-11-17(2)27-23(26-16)25-14-20(13-24)22(28)19-8-6-7-18(12-19)15-29-21-9-4-3-5-10-21/h3-12,14H,15H2,1-2H3,(H,25,26,27)/b20-14-. The second kappa shape index (κ2) is 9.67. The summed E-state index contributed by atoms with van der Waals surface area (Å²) in [6, 6.07) is 21.3. The topological polar surface area (TPSA) is 78.7 Å². The monoisotopic (exact) mass is 400 g/mol. The van der Waals surface area contributed by atoms with Gasteiger partial charge in [-0.2, -0.15) is 5.26 Å². The highest BCUT2D eigenvalue weighted by Gasteiger charge is 2.13. The van der Waals surface area contributed by atoms with Crippen LogP contribution in [0.3, 0.4) is 0 Å². The smallest absolute Gasteiger partial charge is 0.227 e. The van der Waals surface area contributed by atoms with Gasteiger partial charge in [-0.1, -0.05) is 36.4 Å². The number of aryl methyl sites for hydroxylation is 2. The molecule has 0 spiro atoms. The van der Waals surface area contributed by atoms with Gasteiger partial charge in [0.2, 0.25) is 11.7 Å². The van der Waals surface area contributed by atoms with E-state index in [1.807, 2.05) is 62.4 Å². The summed E-state index contributed by atoms with van der Waals surface area (Å²) >= 11 is 1.70. The molecule has 0 radical (unpaired) electrons. The zero-order valence-corrected chi connectivity index (χ0v) is 17.0. The van der Waals surface area contributed by atoms with Gasteiger partial charge in [0.05, 0.1) is 0 Å². The predicted octanol–water partition coefficient (Wildman–Crippen LogP) is 5.09. The number of nitriles is 1. The summed E-state index contributed by atoms with van der Waals surface area (Å²) in [5.74, 6) is 0.762. The van der Waals surface area contributed by atoms with E-state index in [2.05, 4.69) is 27.4 Å². The quantitative estimate of drug-likeness (QED) is 0.258. The van der Waals surface area contributed by atoms with Crippen molar-refractivity contribution in [2.45, 2.75) is 24.5 Å². The Bertz CT molecular complexity index is 1070. The number of carbonyl (C=O) groups excluding carboxylic acids is 1. The molecule has 6 heteroatoms. The lowest BCUT2D eigenvalue weighted by molar-refractivity contribution is 0.103. The predicted molar refractivity (Wildman–Crippen MR) is 116 cm³/mol. The summed E-state index contributed by atoms with van der Waals surface area (Å²) in [6.07, 6.45) is 1.36. The Kier molecular flexibility index (Phi) is 6.77. The number of nitrogens with zero attached hydrogens (tertiary/aromatic N) is 3. The maximum Gasteiger partial charge on any atom is 0.227 e. The number of ketones is 1. The lowest BCUT2D eigenvalue weighted by atomic mass is 10.0. The van der Waals surface area contributed by atoms with Crippen LogP contribution in [0.1, 0.15) is 27.3 Å². The highest BCUT2D eigenvalue weighted by molar-refractivity contribution is 7.98. The van der Waals surface area contributed by atoms with Gasteiger partial charge < -0.3 is 5.32 Å². The van der Waals surface area contributed by atoms with E-state index >= 15 is 0 Å². The van der Waals surface area contributed by atoms with Crippen LogP contribution in [0.15, 0.2) is 77.3 Å². The van der Waals surface area contributed by atoms with Gasteiger partial charge in [-0.25, -0.2) is 9.97 Å². The molecule has 1 N–H and O–H groups in total. The lowest BCUT2D eigenvalue weighted by Gasteiger charge is -2.06. The molecule has 0 aliphatic rings. The molecule has 144 valence electrons. The maximum atomic E-state index is 12.8. The number of rotatable bonds is 7. The second-order valence-corrected chi connectivity index (χ2v) is 7.47. The molecule has 0 bridgehead atoms. The molecule has 0 fully saturated rings. The number of Topliss-reactive ketones (excluding diaryl/α,β-unsaturated/α-hetero) is 1. The van der Waals surface area contributed by atoms with Crippen molar-refractivity contribution >= 4 is 23.5 Å². The van der Waals surface area contributed by atoms with Gasteiger partial charge in [0.1, 0.15) is 11.6 Å². The number of benzene rings is 2. The molecule has 0 atom stereocenters. The van der Waals surface area contributed by atoms with Crippen molar-refractivity contribution in [3.8, 4) is 6.07 Å². The van der Waals surface area contributed by atoms with E-state index in [-0.39, 0.29) is 11.4 Å². The van der Waals surface area contributed by atoms with Gasteiger partial charge >= 0.3 is 0 Å². The fourth-order valence-electron chi connectivity index (χ4n) is 2.72. The Balaban J connectivity index is 1.73. The summed E-state index contributed by atoms with van der Waals surface area (Å²) in [5, 5.41) is 12.3. The van der Waals surface area contributed by atoms with Crippen molar-refractivity contribution in [2.24, 2.45) is 0 Å². The minimum Gasteiger partial charge on any atom is -0.329 e. The van der Waals surface area contributed by atoms with Gasteiger partial charge in [-0.3, -0.25) is 4.79 Å². The van der Waals surface area contributed by atoms with Gasteiger partial charge in [0, 0.05) is 33.8 Å². The molecule has 29 heavy (non-hydrogen) atoms. The minimum atomic E-state index is -0.337. The number of nitrogens with one attached hydrogen (secondary N) is 1. The number of anilines is 1. The van der Waals surface area contributed by atoms with E-state index in [9.17, 15) is 10.1 Å². The largest absolute Gasteiger partial charge is 0.329 e. The van der Waals surface area contributed by atoms with Gasteiger partial charge in [0.25, 0.3) is 0 Å². The SMILES string of the molecule is Cc1cc(C)nc(N/C=C(/C#N)C(=O)c2cccc(CSc3ccccc3)c2)n1. The van der Waals surface area contributed by atoms with Crippen LogP contribution in [0.2, 0.25) is 0 Å². The molecule has 0 unspecified atom stereocenters. The van der Waals surface area contributed by atoms with Crippen LogP contribution in [-0.4, -0.2) is 15.8 Å². The Morgan fingerprint density at radius 3 is 2.48 bits per heavy atom. The van der Waals surface area contributed by atoms with Crippen molar-refractivity contribution in [1.82, 2.24) is 9.97 Å². The summed E-state index contributed by atoms with van der Waals surface area (Å²) in [4.78, 5) is 22.4. The number of thioether (sulfide) groups is 1. The van der Waals surface area contributed by atoms with E-state index < -0.39 is 0 Å². The Hall–Kier alpha value is -3.43. The number of hydrogen-bond acceptors (Lipinski definition) is 6. The van der Waals surface area contributed by atoms with Crippen molar-refractivity contribution in [2.75, 3.05) is 5.32 Å². The molecule has 1 heterocycles. The van der Waals surface area contributed by atoms with Crippen LogP contribution in [-0.2, 0) is 5.75 Å². The second-order valence-electron chi connectivity index (χ2n) is 6.42. The van der Waals surface area contributed by atoms with Crippen LogP contribution < -0.4 is 5.32 Å². The van der Waals surface area contributed by atoms with Gasteiger partial charge in [-0.05, 0) is 43.7 Å². The first-order valence-corrected chi connectivity index (χ1v) is 10.0. The molecule has 1 aromatic heterocycles. The molecular weight excluding hydrogens is 380 g/mol. The first-order chi connectivity index (χ1) is 14.0. The Morgan fingerprint density at radius 1 is 1.07 bits per heavy atom. The van der Waals surface area contributed by atoms with Crippen LogP contribution >= 0.6 is 11.8 Å². The van der Waals surface area contributed by atoms with Crippen LogP contribution in [0.4, 0.5) is 5.95 Å². The van der Waals surface area contributed by atoms with Crippen LogP contribution in [0.5, 0.6) is 0 Å². The minimum absolute atomic E-state index is 0.000576. The van der Waals surface area contributed by atoms with Crippen molar-refractivity contribution in [3.63, 3.8) is 0 Å². The third-order valence-electron chi connectivity index (χ3n) is 4.03. The fraction of sp³-hybridized carbons (Fsp3) is 0.130. The first kappa shape index (κ1) is 20.3. The summed E-state index contributed by atoms with van der Waals surface area (Å²) in [6.45, 7) is 3.72. The Morgan fingerprint density at radius 2 is 1.79 bits per heavy atom. The molecule has 5 nitrogen and oxygen atoms in total. The number of hydrogen-bond donors (Lipinski definition) is 1. The molecule has 0 aliphatic heterocycles. The zero-order chi connectivity index (χ0) is 20.6. The molecule has 2 aromatic carbocycles. The molecule has 0 aliphatic carbocycles. The van der Waals surface area contributed by atoms with Crippen molar-refractivity contribution in [1.29, 1.82) is 5.26 Å². The molecule has 0 saturated carbocycles. The molecular formula is C23H20N4OS. The third-order valence-corrected chi connectivity index (χ3v) is 5.11. The van der Waals surface area contributed by atoms with E-state index in [4.69, 9.17) is 0 Å². The summed E-state index contributed by atoms with van der Waals surface area (Å²) in [5.41, 5.74) is 3.11. The zero-order valence-electron chi connectivity index (χ0n) is 16.2. The average Bonchev–Trinajstić information content (AvgIpc) is 2.73. The highest BCUT2D eigenvalue weighted by atomic mass is 32.2. The molecule has 3 aromatic rings. The molecule has 0 amide bonds. The molecule has 0 saturated heterocycles. The highest BCUT2D eigenvalue weighted by Crippen LogP contribution is 2.23. The van der Waals surface area contributed by atoms with E-state index in [0.29, 0.717) is 11.5 Å². The van der Waals surface area contributed by atoms with E-state index in [1.54, 1.807) is 17.8 Å². The van der Waals surface area contributed by atoms with Gasteiger partial charge in [0.15, 0.2) is 0 Å². The Labute approximate surface area is 174 Å². The number of allylic oxidation sites excluding steroid dienone is 1. The van der Waals surface area contributed by atoms with Gasteiger partial charge in [-0.15, -0.1) is 11.8 Å². The normalized spacial score (nSPS) is 11.0. The fourth-order valence-corrected chi connectivity index (χ4v) is 3.58. The average molecular weight is 401 g/mol. The lowest BCUT2D eigenvalue weighted by Crippen LogP contribution is -2.06. The van der Waals surface area contributed by atoms with Crippen molar-refractivity contribution < 1.29 is 4.79 Å². The third kappa shape index (κ3) is 5.77. The van der Waals surface area contributed by atoms with Crippen LogP contribution in [0, 0.1) is 25.2 Å². The van der Waals surface area contributed by atoms with E-state index in [1.165, 1.54) is 11.1 Å². The van der Waals surface area contributed by atoms with Crippen molar-refractivity contribution in [3.05, 3.63) is 95.0 Å². The van der Waals surface area contributed by atoms with E-state index in [0.717, 1.165) is 22.7 Å². The summed E-state index contributed by atoms with van der Waals surface area (Å²) < 4.78 is 0. The number of carbonyl (C=O) groups is 1.